The number of amides is 1. The Hall–Kier alpha value is -1.85. The number of carbonyl (C=O) groups excluding carboxylic acids is 1. The predicted octanol–water partition coefficient (Wildman–Crippen LogP) is 4.48. The Morgan fingerprint density at radius 1 is 1.36 bits per heavy atom. The van der Waals surface area contributed by atoms with Crippen LogP contribution in [0.4, 0.5) is 0 Å². The number of aromatic amines is 1. The summed E-state index contributed by atoms with van der Waals surface area (Å²) >= 11 is 8.06. The van der Waals surface area contributed by atoms with Crippen molar-refractivity contribution in [1.29, 1.82) is 0 Å². The Morgan fingerprint density at radius 3 is 2.92 bits per heavy atom. The van der Waals surface area contributed by atoms with E-state index in [9.17, 15) is 4.79 Å². The van der Waals surface area contributed by atoms with Crippen LogP contribution in [0.1, 0.15) is 36.7 Å². The molecule has 0 radical (unpaired) electrons. The van der Waals surface area contributed by atoms with Gasteiger partial charge in [0.05, 0.1) is 17.7 Å². The van der Waals surface area contributed by atoms with Gasteiger partial charge in [0.25, 0.3) is 0 Å². The molecule has 0 unspecified atom stereocenters. The van der Waals surface area contributed by atoms with Crippen molar-refractivity contribution in [3.8, 4) is 0 Å². The highest BCUT2D eigenvalue weighted by atomic mass is 35.5. The highest BCUT2D eigenvalue weighted by molar-refractivity contribution is 7.07. The molecule has 1 aromatic carbocycles. The number of aryl methyl sites for hydroxylation is 2. The van der Waals surface area contributed by atoms with E-state index in [1.165, 1.54) is 0 Å². The zero-order valence-corrected chi connectivity index (χ0v) is 15.6. The highest BCUT2D eigenvalue weighted by Gasteiger charge is 2.44. The predicted molar refractivity (Wildman–Crippen MR) is 102 cm³/mol. The average Bonchev–Trinajstić information content (AvgIpc) is 3.01. The number of carbonyl (C=O) groups is 1. The number of nitrogens with one attached hydrogen (secondary N) is 2. The maximum absolute atomic E-state index is 12.1. The molecule has 1 saturated carbocycles. The zero-order chi connectivity index (χ0) is 17.4. The second-order valence-corrected chi connectivity index (χ2v) is 8.17. The molecule has 2 heterocycles. The number of thiazole rings is 1. The van der Waals surface area contributed by atoms with Crippen molar-refractivity contribution in [3.63, 3.8) is 0 Å². The number of nitrogens with zero attached hydrogens (tertiary/aromatic N) is 1. The number of aromatic nitrogens is 2. The quantitative estimate of drug-likeness (QED) is 0.669. The molecule has 4 rings (SSSR count). The van der Waals surface area contributed by atoms with Crippen molar-refractivity contribution in [2.24, 2.45) is 5.41 Å². The van der Waals surface area contributed by atoms with E-state index in [4.69, 9.17) is 11.6 Å². The van der Waals surface area contributed by atoms with Crippen molar-refractivity contribution in [1.82, 2.24) is 15.3 Å². The van der Waals surface area contributed by atoms with Crippen molar-refractivity contribution in [3.05, 3.63) is 51.1 Å². The van der Waals surface area contributed by atoms with Gasteiger partial charge < -0.3 is 10.3 Å². The van der Waals surface area contributed by atoms with Gasteiger partial charge in [-0.2, -0.15) is 0 Å². The van der Waals surface area contributed by atoms with Crippen molar-refractivity contribution in [2.75, 3.05) is 0 Å². The lowest BCUT2D eigenvalue weighted by Gasteiger charge is -2.08. The lowest BCUT2D eigenvalue weighted by molar-refractivity contribution is -0.125. The van der Waals surface area contributed by atoms with Crippen molar-refractivity contribution >= 4 is 39.7 Å². The lowest BCUT2D eigenvalue weighted by Crippen LogP contribution is -2.29. The van der Waals surface area contributed by atoms with Gasteiger partial charge in [0.15, 0.2) is 0 Å². The number of rotatable bonds is 6. The Balaban J connectivity index is 1.47. The van der Waals surface area contributed by atoms with Crippen LogP contribution in [-0.4, -0.2) is 15.9 Å². The summed E-state index contributed by atoms with van der Waals surface area (Å²) in [7, 11) is 0. The van der Waals surface area contributed by atoms with Gasteiger partial charge in [0.2, 0.25) is 5.91 Å². The Kier molecular flexibility index (Phi) is 4.29. The largest absolute Gasteiger partial charge is 0.357 e. The Bertz CT molecular complexity index is 912. The van der Waals surface area contributed by atoms with E-state index >= 15 is 0 Å². The van der Waals surface area contributed by atoms with Gasteiger partial charge in [-0.3, -0.25) is 4.79 Å². The number of benzene rings is 1. The Morgan fingerprint density at radius 2 is 2.20 bits per heavy atom. The molecule has 130 valence electrons. The topological polar surface area (TPSA) is 57.8 Å². The van der Waals surface area contributed by atoms with E-state index in [0.717, 1.165) is 58.6 Å². The highest BCUT2D eigenvalue weighted by Crippen LogP contribution is 2.45. The van der Waals surface area contributed by atoms with E-state index in [-0.39, 0.29) is 11.3 Å². The third-order valence-corrected chi connectivity index (χ3v) is 5.95. The molecule has 0 bridgehead atoms. The third-order valence-electron chi connectivity index (χ3n) is 4.97. The smallest absolute Gasteiger partial charge is 0.226 e. The minimum Gasteiger partial charge on any atom is -0.357 e. The van der Waals surface area contributed by atoms with Crippen LogP contribution in [0.2, 0.25) is 5.02 Å². The zero-order valence-electron chi connectivity index (χ0n) is 14.1. The Labute approximate surface area is 155 Å². The molecule has 2 N–H and O–H groups in total. The first-order chi connectivity index (χ1) is 12.0. The molecule has 25 heavy (non-hydrogen) atoms. The summed E-state index contributed by atoms with van der Waals surface area (Å²) in [5.74, 6) is 0.146. The minimum absolute atomic E-state index is 0.141. The van der Waals surface area contributed by atoms with E-state index in [1.54, 1.807) is 11.3 Å². The van der Waals surface area contributed by atoms with Gasteiger partial charge in [-0.1, -0.05) is 18.5 Å². The average molecular weight is 374 g/mol. The number of fused-ring (bicyclic) bond motifs is 1. The van der Waals surface area contributed by atoms with Crippen LogP contribution in [0.5, 0.6) is 0 Å². The van der Waals surface area contributed by atoms with Crippen LogP contribution < -0.4 is 5.32 Å². The molecule has 1 fully saturated rings. The van der Waals surface area contributed by atoms with Gasteiger partial charge >= 0.3 is 0 Å². The molecule has 6 heteroatoms. The van der Waals surface area contributed by atoms with E-state index in [0.29, 0.717) is 6.54 Å². The fourth-order valence-electron chi connectivity index (χ4n) is 2.97. The molecule has 1 aliphatic carbocycles. The van der Waals surface area contributed by atoms with Crippen molar-refractivity contribution in [2.45, 2.75) is 39.2 Å². The molecule has 2 aromatic heterocycles. The fourth-order valence-corrected chi connectivity index (χ4v) is 3.83. The first-order valence-corrected chi connectivity index (χ1v) is 9.81. The summed E-state index contributed by atoms with van der Waals surface area (Å²) in [6.07, 6.45) is 3.73. The van der Waals surface area contributed by atoms with Crippen LogP contribution in [0.15, 0.2) is 29.1 Å². The number of H-pyrrole nitrogens is 1. The fraction of sp³-hybridized carbons (Fsp3) is 0.368. The van der Waals surface area contributed by atoms with E-state index < -0.39 is 0 Å². The number of hydrogen-bond donors (Lipinski definition) is 2. The van der Waals surface area contributed by atoms with Crippen molar-refractivity contribution < 1.29 is 4.79 Å². The van der Waals surface area contributed by atoms with Crippen LogP contribution >= 0.6 is 22.9 Å². The first-order valence-electron chi connectivity index (χ1n) is 8.49. The summed E-state index contributed by atoms with van der Waals surface area (Å²) in [5, 5.41) is 6.95. The van der Waals surface area contributed by atoms with Crippen LogP contribution in [0.25, 0.3) is 10.9 Å². The molecule has 0 saturated heterocycles. The van der Waals surface area contributed by atoms with Gasteiger partial charge in [0, 0.05) is 32.4 Å². The van der Waals surface area contributed by atoms with E-state index in [2.05, 4.69) is 32.8 Å². The second-order valence-electron chi connectivity index (χ2n) is 7.05. The van der Waals surface area contributed by atoms with Gasteiger partial charge in [-0.25, -0.2) is 4.98 Å². The molecule has 0 aliphatic heterocycles. The lowest BCUT2D eigenvalue weighted by atomic mass is 10.1. The molecule has 0 atom stereocenters. The summed E-state index contributed by atoms with van der Waals surface area (Å²) in [6, 6.07) is 6.16. The molecular formula is C19H20ClN3OS. The van der Waals surface area contributed by atoms with Gasteiger partial charge in [-0.15, -0.1) is 11.3 Å². The SMILES string of the molecule is CC1(C(=O)NCc2cc3cc(Cl)c(CCc4cscn4)cc3[nH]2)CC1. The summed E-state index contributed by atoms with van der Waals surface area (Å²) in [4.78, 5) is 19.8. The summed E-state index contributed by atoms with van der Waals surface area (Å²) in [6.45, 7) is 2.54. The molecule has 1 amide bonds. The second kappa shape index (κ2) is 6.46. The monoisotopic (exact) mass is 373 g/mol. The maximum Gasteiger partial charge on any atom is 0.226 e. The van der Waals surface area contributed by atoms with E-state index in [1.807, 2.05) is 18.5 Å². The minimum atomic E-state index is -0.141. The third kappa shape index (κ3) is 3.58. The molecule has 4 nitrogen and oxygen atoms in total. The maximum atomic E-state index is 12.1. The summed E-state index contributed by atoms with van der Waals surface area (Å²) in [5.41, 5.74) is 5.99. The van der Waals surface area contributed by atoms with Crippen LogP contribution in [0, 0.1) is 5.41 Å². The molecule has 0 spiro atoms. The standard InChI is InChI=1S/C19H20ClN3OS/c1-19(4-5-19)18(24)21-9-15-6-13-7-16(20)12(8-17(13)23-15)2-3-14-10-25-11-22-14/h6-8,10-11,23H,2-5,9H2,1H3,(H,21,24). The van der Waals surface area contributed by atoms with Gasteiger partial charge in [0.1, 0.15) is 0 Å². The number of halogens is 1. The van der Waals surface area contributed by atoms with Gasteiger partial charge in [-0.05, 0) is 49.4 Å². The summed E-state index contributed by atoms with van der Waals surface area (Å²) < 4.78 is 0. The molecule has 1 aliphatic rings. The first kappa shape index (κ1) is 16.6. The van der Waals surface area contributed by atoms with Crippen LogP contribution in [0.3, 0.4) is 0 Å². The normalized spacial score (nSPS) is 15.4. The molecular weight excluding hydrogens is 354 g/mol. The number of hydrogen-bond acceptors (Lipinski definition) is 3. The van der Waals surface area contributed by atoms with Crippen LogP contribution in [-0.2, 0) is 24.2 Å². The molecule has 3 aromatic rings.